The van der Waals surface area contributed by atoms with Crippen molar-refractivity contribution in [3.8, 4) is 45.3 Å². The van der Waals surface area contributed by atoms with Gasteiger partial charge in [-0.2, -0.15) is 0 Å². The van der Waals surface area contributed by atoms with E-state index in [9.17, 15) is 28.8 Å². The van der Waals surface area contributed by atoms with E-state index in [-0.39, 0.29) is 23.0 Å². The molecule has 0 aliphatic heterocycles. The molecule has 0 unspecified atom stereocenters. The van der Waals surface area contributed by atoms with Crippen LogP contribution in [-0.4, -0.2) is 53.9 Å². The maximum absolute atomic E-state index is 10.4. The van der Waals surface area contributed by atoms with Crippen molar-refractivity contribution in [3.05, 3.63) is 146 Å². The molecule has 0 spiro atoms. The minimum Gasteiger partial charge on any atom is -0.507 e. The summed E-state index contributed by atoms with van der Waals surface area (Å²) in [5.74, 6) is 0.686. The Balaban J connectivity index is 0.000000167. The van der Waals surface area contributed by atoms with Crippen LogP contribution in [0.3, 0.4) is 0 Å². The van der Waals surface area contributed by atoms with Crippen molar-refractivity contribution in [2.24, 2.45) is 0 Å². The zero-order valence-corrected chi connectivity index (χ0v) is 30.9. The third-order valence-corrected chi connectivity index (χ3v) is 8.13. The normalized spacial score (nSPS) is 10.7. The van der Waals surface area contributed by atoms with E-state index in [2.05, 4.69) is 0 Å². The molecule has 0 atom stereocenters. The van der Waals surface area contributed by atoms with Crippen LogP contribution in [-0.2, 0) is 21.6 Å². The molecule has 8 aromatic carbocycles. The minimum absolute atomic E-state index is 0.172. The molecule has 6 nitrogen and oxygen atoms in total. The topological polar surface area (TPSA) is 115 Å². The maximum atomic E-state index is 10.4. The average Bonchev–Trinajstić information content (AvgIpc) is 3.12. The zero-order valence-electron chi connectivity index (χ0n) is 29.3. The molecular formula is C44H40O6S2. The zero-order chi connectivity index (χ0) is 37.4. The van der Waals surface area contributed by atoms with E-state index in [1.807, 2.05) is 121 Å². The molecule has 8 heteroatoms. The lowest BCUT2D eigenvalue weighted by Crippen LogP contribution is -1.86. The van der Waals surface area contributed by atoms with Crippen LogP contribution in [0.1, 0.15) is 0 Å². The fourth-order valence-corrected chi connectivity index (χ4v) is 6.09. The molecule has 8 aromatic rings. The number of phenolic OH excluding ortho intramolecular Hbond substituents is 4. The summed E-state index contributed by atoms with van der Waals surface area (Å²) < 4.78 is 19.1. The quantitative estimate of drug-likeness (QED) is 0.141. The number of phenols is 4. The van der Waals surface area contributed by atoms with Gasteiger partial charge in [0.2, 0.25) is 0 Å². The summed E-state index contributed by atoms with van der Waals surface area (Å²) in [4.78, 5) is 0. The van der Waals surface area contributed by atoms with Crippen molar-refractivity contribution >= 4 is 64.7 Å². The van der Waals surface area contributed by atoms with Gasteiger partial charge < -0.3 is 20.4 Å². The summed E-state index contributed by atoms with van der Waals surface area (Å²) in [5.41, 5.74) is 2.69. The molecule has 264 valence electrons. The van der Waals surface area contributed by atoms with Gasteiger partial charge in [0.1, 0.15) is 23.0 Å². The molecule has 0 heterocycles. The number of aromatic hydroxyl groups is 4. The maximum Gasteiger partial charge on any atom is 0.124 e. The second kappa shape index (κ2) is 17.0. The smallest absolute Gasteiger partial charge is 0.124 e. The lowest BCUT2D eigenvalue weighted by atomic mass is 9.92. The second-order valence-corrected chi connectivity index (χ2v) is 15.2. The van der Waals surface area contributed by atoms with Crippen LogP contribution < -0.4 is 0 Å². The number of rotatable bonds is 2. The Morgan fingerprint density at radius 2 is 0.481 bits per heavy atom. The molecule has 0 aliphatic carbocycles. The van der Waals surface area contributed by atoms with Crippen molar-refractivity contribution in [1.82, 2.24) is 0 Å². The van der Waals surface area contributed by atoms with E-state index < -0.39 is 21.6 Å². The predicted molar refractivity (Wildman–Crippen MR) is 220 cm³/mol. The Bertz CT molecular complexity index is 2210. The molecule has 0 aliphatic rings. The van der Waals surface area contributed by atoms with Crippen LogP contribution in [0, 0.1) is 0 Å². The van der Waals surface area contributed by atoms with Crippen molar-refractivity contribution in [2.75, 3.05) is 25.0 Å². The molecule has 0 bridgehead atoms. The number of hydrogen-bond donors (Lipinski definition) is 4. The Morgan fingerprint density at radius 3 is 0.673 bits per heavy atom. The summed E-state index contributed by atoms with van der Waals surface area (Å²) >= 11 is 0. The van der Waals surface area contributed by atoms with Crippen molar-refractivity contribution in [3.63, 3.8) is 0 Å². The van der Waals surface area contributed by atoms with Gasteiger partial charge in [0.05, 0.1) is 0 Å². The third-order valence-electron chi connectivity index (χ3n) is 8.13. The summed E-state index contributed by atoms with van der Waals surface area (Å²) in [5, 5.41) is 49.6. The fraction of sp³-hybridized carbons (Fsp3) is 0.0909. The first-order valence-corrected chi connectivity index (χ1v) is 20.2. The van der Waals surface area contributed by atoms with Crippen LogP contribution >= 0.6 is 0 Å². The number of benzene rings is 8. The van der Waals surface area contributed by atoms with Gasteiger partial charge in [0, 0.05) is 68.9 Å². The second-order valence-electron chi connectivity index (χ2n) is 12.2. The molecule has 0 radical (unpaired) electrons. The minimum atomic E-state index is -0.611. The van der Waals surface area contributed by atoms with Crippen molar-refractivity contribution in [1.29, 1.82) is 0 Å². The van der Waals surface area contributed by atoms with Gasteiger partial charge >= 0.3 is 0 Å². The first kappa shape index (κ1) is 37.6. The molecule has 0 aromatic heterocycles. The van der Waals surface area contributed by atoms with Gasteiger partial charge in [-0.05, 0) is 67.4 Å². The number of hydrogen-bond acceptors (Lipinski definition) is 6. The molecule has 0 saturated carbocycles. The molecule has 0 amide bonds. The first-order chi connectivity index (χ1) is 25.0. The number of fused-ring (bicyclic) bond motifs is 4. The fourth-order valence-electron chi connectivity index (χ4n) is 6.09. The Labute approximate surface area is 308 Å². The highest BCUT2D eigenvalue weighted by molar-refractivity contribution is 7.83. The molecule has 8 rings (SSSR count). The molecule has 0 saturated heterocycles. The summed E-state index contributed by atoms with van der Waals surface area (Å²) in [6, 6.07) is 45.7. The van der Waals surface area contributed by atoms with Crippen LogP contribution in [0.5, 0.6) is 23.0 Å². The first-order valence-electron chi connectivity index (χ1n) is 16.3. The van der Waals surface area contributed by atoms with Gasteiger partial charge in [0.15, 0.2) is 0 Å². The van der Waals surface area contributed by atoms with E-state index in [1.165, 1.54) is 0 Å². The Morgan fingerprint density at radius 1 is 0.308 bits per heavy atom. The van der Waals surface area contributed by atoms with E-state index in [0.29, 0.717) is 22.3 Å². The van der Waals surface area contributed by atoms with Gasteiger partial charge in [-0.3, -0.25) is 8.42 Å². The van der Waals surface area contributed by atoms with Crippen LogP contribution in [0.15, 0.2) is 146 Å². The van der Waals surface area contributed by atoms with Crippen LogP contribution in [0.4, 0.5) is 0 Å². The van der Waals surface area contributed by atoms with Crippen molar-refractivity contribution in [2.45, 2.75) is 0 Å². The van der Waals surface area contributed by atoms with Gasteiger partial charge in [0.25, 0.3) is 0 Å². The molecule has 0 fully saturated rings. The van der Waals surface area contributed by atoms with E-state index in [0.717, 1.165) is 43.1 Å². The van der Waals surface area contributed by atoms with Crippen molar-refractivity contribution < 1.29 is 28.8 Å². The Hall–Kier alpha value is -5.70. The highest BCUT2D eigenvalue weighted by atomic mass is 32.2. The van der Waals surface area contributed by atoms with Gasteiger partial charge in [-0.1, -0.05) is 121 Å². The van der Waals surface area contributed by atoms with E-state index in [4.69, 9.17) is 0 Å². The summed E-state index contributed by atoms with van der Waals surface area (Å²) in [7, 11) is -1.22. The van der Waals surface area contributed by atoms with Gasteiger partial charge in [-0.15, -0.1) is 0 Å². The standard InChI is InChI=1S/2C20H14O2.2C2H6OS/c2*21-17-11-9-13-5-1-3-7-15(13)19(17)20-16-8-4-2-6-14(16)10-12-18(20)22;2*1-4(2)3/h2*1-12,21-22H;2*1-2H3. The SMILES string of the molecule is CS(C)=O.CS(C)=O.Oc1ccc2ccccc2c1-c1c(O)ccc2ccccc12.Oc1ccc2ccccc2c1-c1c(O)ccc2ccccc12. The molecule has 4 N–H and O–H groups in total. The van der Waals surface area contributed by atoms with E-state index >= 15 is 0 Å². The Kier molecular flexibility index (Phi) is 12.3. The lowest BCUT2D eigenvalue weighted by molar-refractivity contribution is 0.470. The summed E-state index contributed by atoms with van der Waals surface area (Å²) in [6.07, 6.45) is 6.56. The molecular weight excluding hydrogens is 689 g/mol. The average molecular weight is 729 g/mol. The monoisotopic (exact) mass is 728 g/mol. The predicted octanol–water partition coefficient (Wildman–Crippen LogP) is 10.1. The summed E-state index contributed by atoms with van der Waals surface area (Å²) in [6.45, 7) is 0. The van der Waals surface area contributed by atoms with Gasteiger partial charge in [-0.25, -0.2) is 0 Å². The third kappa shape index (κ3) is 8.60. The molecule has 52 heavy (non-hydrogen) atoms. The highest BCUT2D eigenvalue weighted by Crippen LogP contribution is 2.45. The highest BCUT2D eigenvalue weighted by Gasteiger charge is 2.17. The lowest BCUT2D eigenvalue weighted by Gasteiger charge is -2.14. The van der Waals surface area contributed by atoms with Crippen LogP contribution in [0.25, 0.3) is 65.3 Å². The van der Waals surface area contributed by atoms with E-state index in [1.54, 1.807) is 49.3 Å². The largest absolute Gasteiger partial charge is 0.507 e. The van der Waals surface area contributed by atoms with Crippen LogP contribution in [0.2, 0.25) is 0 Å².